The molecule has 8 nitrogen and oxygen atoms in total. The average Bonchev–Trinajstić information content (AvgIpc) is 3.31. The Bertz CT molecular complexity index is 1400. The molecule has 5 rings (SSSR count). The van der Waals surface area contributed by atoms with E-state index in [1.165, 1.54) is 0 Å². The molecule has 2 fully saturated rings. The number of carbonyl (C=O) groups excluding carboxylic acids is 2. The number of hydrogen-bond donors (Lipinski definition) is 3. The van der Waals surface area contributed by atoms with Gasteiger partial charge in [0.25, 0.3) is 5.91 Å². The van der Waals surface area contributed by atoms with E-state index < -0.39 is 11.4 Å². The first-order valence-corrected chi connectivity index (χ1v) is 15.3. The molecule has 2 heterocycles. The minimum atomic E-state index is -0.696. The molecule has 0 spiro atoms. The van der Waals surface area contributed by atoms with Gasteiger partial charge in [-0.25, -0.2) is 9.37 Å². The first-order valence-electron chi connectivity index (χ1n) is 15.3. The van der Waals surface area contributed by atoms with Gasteiger partial charge in [-0.3, -0.25) is 19.8 Å². The molecule has 0 atom stereocenters. The summed E-state index contributed by atoms with van der Waals surface area (Å²) in [5.41, 5.74) is 1.56. The zero-order valence-corrected chi connectivity index (χ0v) is 25.2. The van der Waals surface area contributed by atoms with Crippen LogP contribution in [-0.4, -0.2) is 56.1 Å². The van der Waals surface area contributed by atoms with Gasteiger partial charge in [0.2, 0.25) is 11.9 Å². The van der Waals surface area contributed by atoms with Gasteiger partial charge in [-0.15, -0.1) is 0 Å². The predicted molar refractivity (Wildman–Crippen MR) is 163 cm³/mol. The average molecular weight is 578 g/mol. The highest BCUT2D eigenvalue weighted by Gasteiger charge is 2.32. The number of benzene rings is 2. The Kier molecular flexibility index (Phi) is 8.99. The van der Waals surface area contributed by atoms with Gasteiger partial charge in [-0.2, -0.15) is 0 Å². The SMILES string of the molecule is CC(C)NC(=O)C1CCC(n2c(NC(=O)c3ccccc3)nc3c(F)cc(CN4CCC(C(C)(C)O)CC4)cc32)CC1. The molecule has 3 N–H and O–H groups in total. The predicted octanol–water partition coefficient (Wildman–Crippen LogP) is 5.67. The van der Waals surface area contributed by atoms with E-state index >= 15 is 4.39 Å². The van der Waals surface area contributed by atoms with Crippen LogP contribution < -0.4 is 10.6 Å². The Balaban J connectivity index is 1.42. The summed E-state index contributed by atoms with van der Waals surface area (Å²) in [4.78, 5) is 32.7. The monoisotopic (exact) mass is 577 g/mol. The zero-order valence-electron chi connectivity index (χ0n) is 25.2. The number of aliphatic hydroxyl groups is 1. The van der Waals surface area contributed by atoms with Crippen molar-refractivity contribution in [3.05, 3.63) is 59.4 Å². The molecule has 1 aliphatic heterocycles. The second-order valence-corrected chi connectivity index (χ2v) is 12.9. The molecule has 1 aromatic heterocycles. The van der Waals surface area contributed by atoms with Crippen molar-refractivity contribution in [1.82, 2.24) is 19.8 Å². The summed E-state index contributed by atoms with van der Waals surface area (Å²) in [6, 6.07) is 12.6. The molecule has 9 heteroatoms. The summed E-state index contributed by atoms with van der Waals surface area (Å²) in [6.07, 6.45) is 4.68. The number of likely N-dealkylation sites (tertiary alicyclic amines) is 1. The van der Waals surface area contributed by atoms with Gasteiger partial charge in [0.1, 0.15) is 5.52 Å². The van der Waals surface area contributed by atoms with Crippen LogP contribution in [0.3, 0.4) is 0 Å². The Morgan fingerprint density at radius 1 is 1.05 bits per heavy atom. The van der Waals surface area contributed by atoms with Crippen molar-refractivity contribution in [2.75, 3.05) is 18.4 Å². The number of carbonyl (C=O) groups is 2. The van der Waals surface area contributed by atoms with Gasteiger partial charge in [0.15, 0.2) is 5.82 Å². The fourth-order valence-electron chi connectivity index (χ4n) is 6.57. The van der Waals surface area contributed by atoms with Gasteiger partial charge >= 0.3 is 0 Å². The molecule has 42 heavy (non-hydrogen) atoms. The van der Waals surface area contributed by atoms with Crippen LogP contribution in [0, 0.1) is 17.7 Å². The maximum Gasteiger partial charge on any atom is 0.257 e. The van der Waals surface area contributed by atoms with E-state index in [0.29, 0.717) is 36.4 Å². The Morgan fingerprint density at radius 2 is 1.71 bits per heavy atom. The van der Waals surface area contributed by atoms with Gasteiger partial charge < -0.3 is 15.0 Å². The van der Waals surface area contributed by atoms with Crippen molar-refractivity contribution in [3.8, 4) is 0 Å². The number of rotatable bonds is 8. The number of imidazole rings is 1. The van der Waals surface area contributed by atoms with Crippen LogP contribution in [0.5, 0.6) is 0 Å². The van der Waals surface area contributed by atoms with Crippen LogP contribution in [0.25, 0.3) is 11.0 Å². The third-order valence-electron chi connectivity index (χ3n) is 8.93. The van der Waals surface area contributed by atoms with E-state index in [4.69, 9.17) is 0 Å². The number of nitrogens with one attached hydrogen (secondary N) is 2. The van der Waals surface area contributed by atoms with E-state index in [1.807, 2.05) is 44.4 Å². The van der Waals surface area contributed by atoms with Crippen molar-refractivity contribution in [1.29, 1.82) is 0 Å². The first kappa shape index (κ1) is 30.2. The van der Waals surface area contributed by atoms with Crippen LogP contribution in [-0.2, 0) is 11.3 Å². The summed E-state index contributed by atoms with van der Waals surface area (Å²) >= 11 is 0. The van der Waals surface area contributed by atoms with Crippen molar-refractivity contribution < 1.29 is 19.1 Å². The van der Waals surface area contributed by atoms with Gasteiger partial charge in [0.05, 0.1) is 11.1 Å². The summed E-state index contributed by atoms with van der Waals surface area (Å²) in [5, 5.41) is 16.4. The lowest BCUT2D eigenvalue weighted by molar-refractivity contribution is -0.126. The topological polar surface area (TPSA) is 99.5 Å². The van der Waals surface area contributed by atoms with Crippen molar-refractivity contribution in [3.63, 3.8) is 0 Å². The summed E-state index contributed by atoms with van der Waals surface area (Å²) in [6.45, 7) is 9.95. The van der Waals surface area contributed by atoms with E-state index in [0.717, 1.165) is 44.3 Å². The first-order chi connectivity index (χ1) is 20.0. The van der Waals surface area contributed by atoms with Crippen LogP contribution >= 0.6 is 0 Å². The molecule has 1 saturated carbocycles. The van der Waals surface area contributed by atoms with E-state index in [1.54, 1.807) is 30.3 Å². The Labute approximate surface area is 247 Å². The number of anilines is 1. The molecule has 2 aromatic carbocycles. The molecule has 2 amide bonds. The second-order valence-electron chi connectivity index (χ2n) is 12.9. The summed E-state index contributed by atoms with van der Waals surface area (Å²) in [7, 11) is 0. The quantitative estimate of drug-likeness (QED) is 0.321. The maximum absolute atomic E-state index is 15.6. The molecule has 1 aliphatic carbocycles. The molecule has 226 valence electrons. The largest absolute Gasteiger partial charge is 0.390 e. The number of amides is 2. The van der Waals surface area contributed by atoms with Crippen LogP contribution in [0.2, 0.25) is 0 Å². The molecular formula is C33H44FN5O3. The normalized spacial score (nSPS) is 20.6. The highest BCUT2D eigenvalue weighted by Crippen LogP contribution is 2.38. The molecule has 2 aliphatic rings. The maximum atomic E-state index is 15.6. The van der Waals surface area contributed by atoms with Crippen LogP contribution in [0.15, 0.2) is 42.5 Å². The minimum absolute atomic E-state index is 0.0265. The standard InChI is InChI=1S/C33H44FN5O3/c1-21(2)35-30(40)24-10-12-26(13-11-24)39-28-19-22(20-38-16-14-25(15-17-38)33(3,4)42)18-27(34)29(28)36-32(39)37-31(41)23-8-6-5-7-9-23/h5-9,18-19,21,24-26,42H,10-17,20H2,1-4H3,(H,35,40)(H,36,37,41). The third-order valence-corrected chi connectivity index (χ3v) is 8.93. The second kappa shape index (κ2) is 12.5. The number of fused-ring (bicyclic) bond motifs is 1. The van der Waals surface area contributed by atoms with Crippen molar-refractivity contribution >= 4 is 28.8 Å². The Hall–Kier alpha value is -3.30. The van der Waals surface area contributed by atoms with E-state index in [9.17, 15) is 14.7 Å². The minimum Gasteiger partial charge on any atom is -0.390 e. The molecule has 3 aromatic rings. The van der Waals surface area contributed by atoms with Crippen molar-refractivity contribution in [2.45, 2.75) is 90.4 Å². The number of halogens is 1. The molecule has 0 bridgehead atoms. The fraction of sp³-hybridized carbons (Fsp3) is 0.545. The number of piperidine rings is 1. The zero-order chi connectivity index (χ0) is 30.0. The lowest BCUT2D eigenvalue weighted by atomic mass is 9.83. The van der Waals surface area contributed by atoms with E-state index in [2.05, 4.69) is 20.5 Å². The lowest BCUT2D eigenvalue weighted by Gasteiger charge is -2.37. The lowest BCUT2D eigenvalue weighted by Crippen LogP contribution is -2.41. The van der Waals surface area contributed by atoms with Crippen LogP contribution in [0.4, 0.5) is 10.3 Å². The summed E-state index contributed by atoms with van der Waals surface area (Å²) < 4.78 is 17.6. The highest BCUT2D eigenvalue weighted by atomic mass is 19.1. The number of aromatic nitrogens is 2. The van der Waals surface area contributed by atoms with E-state index in [-0.39, 0.29) is 41.3 Å². The molecule has 0 unspecified atom stereocenters. The molecule has 0 radical (unpaired) electrons. The Morgan fingerprint density at radius 3 is 2.33 bits per heavy atom. The van der Waals surface area contributed by atoms with Gasteiger partial charge in [-0.1, -0.05) is 18.2 Å². The van der Waals surface area contributed by atoms with Crippen LogP contribution in [0.1, 0.15) is 88.2 Å². The van der Waals surface area contributed by atoms with Gasteiger partial charge in [-0.05, 0) is 115 Å². The number of hydrogen-bond acceptors (Lipinski definition) is 5. The fourth-order valence-corrected chi connectivity index (χ4v) is 6.57. The number of nitrogens with zero attached hydrogens (tertiary/aromatic N) is 3. The molecule has 1 saturated heterocycles. The summed E-state index contributed by atoms with van der Waals surface area (Å²) in [5.74, 6) is -0.0997. The van der Waals surface area contributed by atoms with Gasteiger partial charge in [0, 0.05) is 30.1 Å². The smallest absolute Gasteiger partial charge is 0.257 e. The third kappa shape index (κ3) is 6.84. The highest BCUT2D eigenvalue weighted by molar-refractivity contribution is 6.04. The molecular weight excluding hydrogens is 533 g/mol. The van der Waals surface area contributed by atoms with Crippen molar-refractivity contribution in [2.24, 2.45) is 11.8 Å².